The van der Waals surface area contributed by atoms with E-state index >= 15 is 0 Å². The van der Waals surface area contributed by atoms with Crippen LogP contribution >= 0.6 is 0 Å². The molecule has 2 aliphatic carbocycles. The second kappa shape index (κ2) is 9.76. The molecule has 3 aromatic rings. The van der Waals surface area contributed by atoms with Crippen LogP contribution in [0.1, 0.15) is 77.3 Å². The molecule has 9 nitrogen and oxygen atoms in total. The molecule has 6 rings (SSSR count). The first-order chi connectivity index (χ1) is 19.0. The number of nitrogens with one attached hydrogen (secondary N) is 1. The third-order valence-electron chi connectivity index (χ3n) is 8.61. The van der Waals surface area contributed by atoms with Crippen molar-refractivity contribution in [3.8, 4) is 11.3 Å². The molecule has 12 heteroatoms. The van der Waals surface area contributed by atoms with Gasteiger partial charge in [-0.05, 0) is 81.0 Å². The van der Waals surface area contributed by atoms with Crippen LogP contribution in [0, 0.1) is 11.8 Å². The highest BCUT2D eigenvalue weighted by atomic mass is 19.4. The molecular formula is C28H31F3N6O3. The number of nitrogens with two attached hydrogens (primary N) is 1. The van der Waals surface area contributed by atoms with Crippen molar-refractivity contribution < 1.29 is 27.9 Å². The van der Waals surface area contributed by atoms with Gasteiger partial charge < -0.3 is 21.1 Å². The number of nitrogen functional groups attached to an aromatic ring is 1. The van der Waals surface area contributed by atoms with Crippen LogP contribution in [0.5, 0.6) is 0 Å². The average Bonchev–Trinajstić information content (AvgIpc) is 3.64. The first kappa shape index (κ1) is 26.5. The number of amides is 2. The number of carbonyl (C=O) groups excluding carboxylic acids is 2. The van der Waals surface area contributed by atoms with E-state index in [1.807, 2.05) is 6.92 Å². The molecule has 40 heavy (non-hydrogen) atoms. The zero-order chi connectivity index (χ0) is 28.3. The Kier molecular flexibility index (Phi) is 6.47. The Morgan fingerprint density at radius 3 is 2.58 bits per heavy atom. The third kappa shape index (κ3) is 4.67. The number of hydrogen-bond acceptors (Lipinski definition) is 6. The second-order valence-electron chi connectivity index (χ2n) is 11.3. The Bertz CT molecular complexity index is 1490. The maximum Gasteiger partial charge on any atom is 0.417 e. The Balaban J connectivity index is 1.35. The number of alkyl halides is 3. The fourth-order valence-electron chi connectivity index (χ4n) is 6.08. The van der Waals surface area contributed by atoms with Crippen LogP contribution < -0.4 is 11.1 Å². The third-order valence-corrected chi connectivity index (χ3v) is 8.61. The summed E-state index contributed by atoms with van der Waals surface area (Å²) in [6.07, 6.45) is 1.75. The number of anilines is 1. The minimum Gasteiger partial charge on any atom is -0.396 e. The van der Waals surface area contributed by atoms with Gasteiger partial charge in [0.05, 0.1) is 16.8 Å². The first-order valence-electron chi connectivity index (χ1n) is 13.7. The Morgan fingerprint density at radius 1 is 1.20 bits per heavy atom. The molecule has 1 aromatic carbocycles. The van der Waals surface area contributed by atoms with E-state index in [-0.39, 0.29) is 65.0 Å². The number of aliphatic hydroxyl groups excluding tert-OH is 1. The highest BCUT2D eigenvalue weighted by Gasteiger charge is 2.44. The Labute approximate surface area is 228 Å². The van der Waals surface area contributed by atoms with Crippen molar-refractivity contribution in [3.63, 3.8) is 0 Å². The van der Waals surface area contributed by atoms with Gasteiger partial charge in [-0.1, -0.05) is 0 Å². The van der Waals surface area contributed by atoms with E-state index in [2.05, 4.69) is 15.4 Å². The summed E-state index contributed by atoms with van der Waals surface area (Å²) in [5, 5.41) is 16.5. The predicted molar refractivity (Wildman–Crippen MR) is 140 cm³/mol. The molecule has 3 aliphatic rings. The normalized spacial score (nSPS) is 22.0. The zero-order valence-corrected chi connectivity index (χ0v) is 22.0. The molecule has 0 spiro atoms. The Hall–Kier alpha value is -3.67. The van der Waals surface area contributed by atoms with Crippen molar-refractivity contribution in [3.05, 3.63) is 46.6 Å². The SMILES string of the molecule is C[C@@H](C1CC1)N1Cc2cc(-c3ccn4nc(N)c(C(=O)NC5CCC(CO)CC5)c4n3)cc(C(F)(F)F)c2C1=O. The van der Waals surface area contributed by atoms with Crippen LogP contribution in [0.3, 0.4) is 0 Å². The molecule has 2 aromatic heterocycles. The lowest BCUT2D eigenvalue weighted by molar-refractivity contribution is -0.137. The zero-order valence-electron chi connectivity index (χ0n) is 22.0. The van der Waals surface area contributed by atoms with E-state index in [0.717, 1.165) is 44.6 Å². The van der Waals surface area contributed by atoms with Crippen molar-refractivity contribution in [1.29, 1.82) is 0 Å². The lowest BCUT2D eigenvalue weighted by Gasteiger charge is -2.27. The number of hydrogen-bond donors (Lipinski definition) is 3. The average molecular weight is 557 g/mol. The number of carbonyl (C=O) groups is 2. The maximum atomic E-state index is 14.2. The maximum absolute atomic E-state index is 14.2. The molecule has 212 valence electrons. The van der Waals surface area contributed by atoms with Gasteiger partial charge in [0, 0.05) is 37.0 Å². The number of nitrogens with zero attached hydrogens (tertiary/aromatic N) is 4. The van der Waals surface area contributed by atoms with Crippen LogP contribution in [-0.4, -0.2) is 55.1 Å². The number of rotatable bonds is 6. The summed E-state index contributed by atoms with van der Waals surface area (Å²) < 4.78 is 44.0. The van der Waals surface area contributed by atoms with E-state index in [4.69, 9.17) is 5.73 Å². The highest BCUT2D eigenvalue weighted by molar-refractivity contribution is 6.04. The van der Waals surface area contributed by atoms with Crippen molar-refractivity contribution in [2.75, 3.05) is 12.3 Å². The molecule has 2 saturated carbocycles. The van der Waals surface area contributed by atoms with Crippen molar-refractivity contribution >= 4 is 23.3 Å². The van der Waals surface area contributed by atoms with E-state index in [0.29, 0.717) is 11.5 Å². The standard InChI is InChI=1S/C28H31F3N6O3/c1-14(16-4-5-16)36-12-18-10-17(11-20(28(29,30)31)22(18)27(36)40)21-8-9-37-25(34-21)23(24(32)35-37)26(39)33-19-6-2-15(13-38)3-7-19/h8-11,14-16,19,38H,2-7,12-13H2,1H3,(H2,32,35)(H,33,39)/t14-,15?,19?/m0/s1. The van der Waals surface area contributed by atoms with E-state index in [9.17, 15) is 27.9 Å². The van der Waals surface area contributed by atoms with Crippen LogP contribution in [0.2, 0.25) is 0 Å². The van der Waals surface area contributed by atoms with Crippen molar-refractivity contribution in [2.45, 2.75) is 70.3 Å². The van der Waals surface area contributed by atoms with Gasteiger partial charge in [-0.2, -0.15) is 13.2 Å². The molecule has 2 amide bonds. The monoisotopic (exact) mass is 556 g/mol. The molecule has 0 radical (unpaired) electrons. The molecule has 0 bridgehead atoms. The molecular weight excluding hydrogens is 525 g/mol. The van der Waals surface area contributed by atoms with Gasteiger partial charge in [0.1, 0.15) is 5.56 Å². The van der Waals surface area contributed by atoms with Crippen LogP contribution in [0.25, 0.3) is 16.9 Å². The lowest BCUT2D eigenvalue weighted by atomic mass is 9.86. The van der Waals surface area contributed by atoms with Gasteiger partial charge >= 0.3 is 6.18 Å². The van der Waals surface area contributed by atoms with Gasteiger partial charge in [-0.25, -0.2) is 9.50 Å². The molecule has 1 aliphatic heterocycles. The van der Waals surface area contributed by atoms with E-state index in [1.54, 1.807) is 6.07 Å². The van der Waals surface area contributed by atoms with E-state index in [1.165, 1.54) is 21.7 Å². The van der Waals surface area contributed by atoms with Gasteiger partial charge in [-0.3, -0.25) is 9.59 Å². The van der Waals surface area contributed by atoms with Crippen molar-refractivity contribution in [2.24, 2.45) is 11.8 Å². The molecule has 0 saturated heterocycles. The minimum atomic E-state index is -4.74. The fraction of sp³-hybridized carbons (Fsp3) is 0.500. The summed E-state index contributed by atoms with van der Waals surface area (Å²) >= 11 is 0. The van der Waals surface area contributed by atoms with Crippen LogP contribution in [0.15, 0.2) is 24.4 Å². The van der Waals surface area contributed by atoms with Crippen LogP contribution in [0.4, 0.5) is 19.0 Å². The summed E-state index contributed by atoms with van der Waals surface area (Å²) in [6.45, 7) is 2.12. The van der Waals surface area contributed by atoms with Crippen molar-refractivity contribution in [1.82, 2.24) is 24.8 Å². The first-order valence-corrected chi connectivity index (χ1v) is 13.7. The van der Waals surface area contributed by atoms with Crippen LogP contribution in [-0.2, 0) is 12.7 Å². The summed E-state index contributed by atoms with van der Waals surface area (Å²) in [7, 11) is 0. The summed E-state index contributed by atoms with van der Waals surface area (Å²) in [4.78, 5) is 32.4. The minimum absolute atomic E-state index is 0.0357. The number of aromatic nitrogens is 3. The molecule has 1 atom stereocenters. The fourth-order valence-corrected chi connectivity index (χ4v) is 6.08. The van der Waals surface area contributed by atoms with Gasteiger partial charge in [0.15, 0.2) is 11.5 Å². The van der Waals surface area contributed by atoms with Gasteiger partial charge in [0.25, 0.3) is 11.8 Å². The summed E-state index contributed by atoms with van der Waals surface area (Å²) in [6, 6.07) is 3.84. The largest absolute Gasteiger partial charge is 0.417 e. The number of aliphatic hydroxyl groups is 1. The van der Waals surface area contributed by atoms with Gasteiger partial charge in [-0.15, -0.1) is 5.10 Å². The number of benzene rings is 1. The molecule has 0 unspecified atom stereocenters. The molecule has 4 N–H and O–H groups in total. The summed E-state index contributed by atoms with van der Waals surface area (Å²) in [5.74, 6) is -0.533. The van der Waals surface area contributed by atoms with E-state index < -0.39 is 23.6 Å². The highest BCUT2D eigenvalue weighted by Crippen LogP contribution is 2.43. The lowest BCUT2D eigenvalue weighted by Crippen LogP contribution is -2.38. The number of fused-ring (bicyclic) bond motifs is 2. The number of halogens is 3. The van der Waals surface area contributed by atoms with Gasteiger partial charge in [0.2, 0.25) is 0 Å². The second-order valence-corrected chi connectivity index (χ2v) is 11.3. The molecule has 3 heterocycles. The molecule has 2 fully saturated rings. The Morgan fingerprint density at radius 2 is 1.93 bits per heavy atom. The summed E-state index contributed by atoms with van der Waals surface area (Å²) in [5.41, 5.74) is 5.70. The quantitative estimate of drug-likeness (QED) is 0.421. The smallest absolute Gasteiger partial charge is 0.396 e. The predicted octanol–water partition coefficient (Wildman–Crippen LogP) is 4.03. The topological polar surface area (TPSA) is 126 Å².